The molecule has 1 fully saturated rings. The van der Waals surface area contributed by atoms with Crippen LogP contribution in [0.4, 0.5) is 11.5 Å². The molecule has 1 saturated carbocycles. The van der Waals surface area contributed by atoms with Crippen molar-refractivity contribution < 1.29 is 4.92 Å². The molecule has 2 heterocycles. The number of rotatable bonds is 4. The van der Waals surface area contributed by atoms with E-state index in [9.17, 15) is 10.1 Å². The Morgan fingerprint density at radius 1 is 1.47 bits per heavy atom. The van der Waals surface area contributed by atoms with Crippen molar-refractivity contribution in [3.05, 3.63) is 34.4 Å². The Hall–Kier alpha value is -2.51. The van der Waals surface area contributed by atoms with Gasteiger partial charge in [-0.25, -0.2) is 14.6 Å². The molecule has 2 aromatic rings. The summed E-state index contributed by atoms with van der Waals surface area (Å²) in [5.74, 6) is 0.848. The van der Waals surface area contributed by atoms with E-state index in [-0.39, 0.29) is 17.3 Å². The molecule has 1 aliphatic rings. The van der Waals surface area contributed by atoms with Gasteiger partial charge in [0.05, 0.1) is 10.6 Å². The first-order valence-corrected chi connectivity index (χ1v) is 5.93. The molecule has 0 atom stereocenters. The molecule has 0 spiro atoms. The molecular formula is C11H12N6O2. The quantitative estimate of drug-likeness (QED) is 0.660. The molecule has 1 aliphatic carbocycles. The van der Waals surface area contributed by atoms with Crippen LogP contribution in [-0.2, 0) is 0 Å². The highest BCUT2D eigenvalue weighted by atomic mass is 16.6. The summed E-state index contributed by atoms with van der Waals surface area (Å²) in [4.78, 5) is 18.5. The molecule has 3 rings (SSSR count). The molecule has 98 valence electrons. The van der Waals surface area contributed by atoms with Crippen molar-refractivity contribution in [1.29, 1.82) is 0 Å². The number of nitrogens with one attached hydrogen (secondary N) is 1. The molecule has 0 aliphatic heterocycles. The molecule has 0 aromatic carbocycles. The van der Waals surface area contributed by atoms with Gasteiger partial charge in [0.2, 0.25) is 11.6 Å². The number of hydrogen-bond donors (Lipinski definition) is 1. The van der Waals surface area contributed by atoms with Gasteiger partial charge in [-0.05, 0) is 18.9 Å². The second-order valence-corrected chi connectivity index (χ2v) is 4.36. The van der Waals surface area contributed by atoms with Crippen LogP contribution in [0.25, 0.3) is 5.82 Å². The normalized spacial score (nSPS) is 14.4. The van der Waals surface area contributed by atoms with Crippen LogP contribution < -0.4 is 5.32 Å². The minimum Gasteiger partial charge on any atom is -0.367 e. The van der Waals surface area contributed by atoms with Gasteiger partial charge in [0.25, 0.3) is 0 Å². The largest absolute Gasteiger partial charge is 0.367 e. The molecule has 0 bridgehead atoms. The van der Waals surface area contributed by atoms with Gasteiger partial charge in [0, 0.05) is 19.2 Å². The summed E-state index contributed by atoms with van der Waals surface area (Å²) in [6.45, 7) is 0. The zero-order valence-electron chi connectivity index (χ0n) is 10.3. The fourth-order valence-electron chi connectivity index (χ4n) is 1.94. The molecule has 1 N–H and O–H groups in total. The highest BCUT2D eigenvalue weighted by Gasteiger charge is 2.28. The number of nitrogens with zero attached hydrogens (tertiary/aromatic N) is 5. The van der Waals surface area contributed by atoms with Crippen LogP contribution in [-0.4, -0.2) is 31.7 Å². The van der Waals surface area contributed by atoms with Crippen LogP contribution in [0.2, 0.25) is 0 Å². The summed E-state index contributed by atoms with van der Waals surface area (Å²) in [5, 5.41) is 18.2. The Morgan fingerprint density at radius 2 is 2.26 bits per heavy atom. The SMILES string of the molecule is CNc1ncnc(-n2ccc(C3CC3)n2)c1[N+](=O)[O-]. The lowest BCUT2D eigenvalue weighted by molar-refractivity contribution is -0.384. The summed E-state index contributed by atoms with van der Waals surface area (Å²) in [7, 11) is 1.58. The van der Waals surface area contributed by atoms with Crippen LogP contribution >= 0.6 is 0 Å². The summed E-state index contributed by atoms with van der Waals surface area (Å²) in [6, 6.07) is 1.88. The van der Waals surface area contributed by atoms with Crippen LogP contribution in [0.1, 0.15) is 24.5 Å². The maximum atomic E-state index is 11.2. The van der Waals surface area contributed by atoms with E-state index in [1.54, 1.807) is 13.2 Å². The van der Waals surface area contributed by atoms with Gasteiger partial charge in [-0.3, -0.25) is 10.1 Å². The molecule has 0 amide bonds. The van der Waals surface area contributed by atoms with Gasteiger partial charge >= 0.3 is 5.69 Å². The highest BCUT2D eigenvalue weighted by Crippen LogP contribution is 2.39. The zero-order chi connectivity index (χ0) is 13.4. The van der Waals surface area contributed by atoms with Gasteiger partial charge in [0.15, 0.2) is 0 Å². The van der Waals surface area contributed by atoms with Gasteiger partial charge in [-0.15, -0.1) is 0 Å². The van der Waals surface area contributed by atoms with E-state index >= 15 is 0 Å². The third-order valence-electron chi connectivity index (χ3n) is 3.04. The Bertz CT molecular complexity index is 634. The van der Waals surface area contributed by atoms with E-state index < -0.39 is 4.92 Å². The van der Waals surface area contributed by atoms with E-state index in [0.717, 1.165) is 18.5 Å². The molecule has 0 radical (unpaired) electrons. The average molecular weight is 260 g/mol. The Kier molecular flexibility index (Phi) is 2.62. The fourth-order valence-corrected chi connectivity index (χ4v) is 1.94. The van der Waals surface area contributed by atoms with Gasteiger partial charge < -0.3 is 5.32 Å². The lowest BCUT2D eigenvalue weighted by Gasteiger charge is -2.05. The zero-order valence-corrected chi connectivity index (χ0v) is 10.3. The molecule has 0 saturated heterocycles. The van der Waals surface area contributed by atoms with Crippen molar-refractivity contribution in [3.63, 3.8) is 0 Å². The Morgan fingerprint density at radius 3 is 2.89 bits per heavy atom. The maximum absolute atomic E-state index is 11.2. The third-order valence-corrected chi connectivity index (χ3v) is 3.04. The minimum absolute atomic E-state index is 0.171. The van der Waals surface area contributed by atoms with Crippen LogP contribution in [0, 0.1) is 10.1 Å². The first kappa shape index (κ1) is 11.6. The van der Waals surface area contributed by atoms with Crippen LogP contribution in [0.15, 0.2) is 18.6 Å². The molecule has 8 nitrogen and oxygen atoms in total. The summed E-state index contributed by atoms with van der Waals surface area (Å²) < 4.78 is 1.44. The van der Waals surface area contributed by atoms with Gasteiger partial charge in [0.1, 0.15) is 6.33 Å². The smallest absolute Gasteiger partial charge is 0.355 e. The first-order chi connectivity index (χ1) is 9.20. The van der Waals surface area contributed by atoms with Crippen molar-refractivity contribution in [3.8, 4) is 5.82 Å². The second kappa shape index (κ2) is 4.30. The number of aromatic nitrogens is 4. The molecule has 0 unspecified atom stereocenters. The lowest BCUT2D eigenvalue weighted by atomic mass is 10.3. The predicted octanol–water partition coefficient (Wildman–Crippen LogP) is 1.49. The van der Waals surface area contributed by atoms with Gasteiger partial charge in [-0.1, -0.05) is 0 Å². The molecule has 2 aromatic heterocycles. The van der Waals surface area contributed by atoms with Crippen molar-refractivity contribution in [1.82, 2.24) is 19.7 Å². The summed E-state index contributed by atoms with van der Waals surface area (Å²) in [6.07, 6.45) is 5.24. The van der Waals surface area contributed by atoms with E-state index in [0.29, 0.717) is 5.92 Å². The third kappa shape index (κ3) is 2.01. The van der Waals surface area contributed by atoms with Crippen molar-refractivity contribution >= 4 is 11.5 Å². The molecule has 8 heteroatoms. The van der Waals surface area contributed by atoms with E-state index in [4.69, 9.17) is 0 Å². The Labute approximate surface area is 108 Å². The monoisotopic (exact) mass is 260 g/mol. The number of hydrogen-bond acceptors (Lipinski definition) is 6. The maximum Gasteiger partial charge on any atom is 0.355 e. The van der Waals surface area contributed by atoms with Crippen molar-refractivity contribution in [2.24, 2.45) is 0 Å². The van der Waals surface area contributed by atoms with Gasteiger partial charge in [-0.2, -0.15) is 5.10 Å². The van der Waals surface area contributed by atoms with E-state index in [2.05, 4.69) is 20.4 Å². The predicted molar refractivity (Wildman–Crippen MR) is 67.3 cm³/mol. The van der Waals surface area contributed by atoms with Crippen LogP contribution in [0.5, 0.6) is 0 Å². The van der Waals surface area contributed by atoms with Crippen molar-refractivity contribution in [2.45, 2.75) is 18.8 Å². The highest BCUT2D eigenvalue weighted by molar-refractivity contribution is 5.63. The second-order valence-electron chi connectivity index (χ2n) is 4.36. The van der Waals surface area contributed by atoms with Crippen molar-refractivity contribution in [2.75, 3.05) is 12.4 Å². The summed E-state index contributed by atoms with van der Waals surface area (Å²) in [5.41, 5.74) is 0.786. The van der Waals surface area contributed by atoms with Crippen LogP contribution in [0.3, 0.4) is 0 Å². The standard InChI is InChI=1S/C11H12N6O2/c1-12-10-9(17(18)19)11(14-6-13-10)16-5-4-8(15-16)7-2-3-7/h4-7H,2-3H2,1H3,(H,12,13,14). The average Bonchev–Trinajstić information content (AvgIpc) is 3.15. The molecular weight excluding hydrogens is 248 g/mol. The minimum atomic E-state index is -0.500. The summed E-state index contributed by atoms with van der Waals surface area (Å²) >= 11 is 0. The molecule has 19 heavy (non-hydrogen) atoms. The lowest BCUT2D eigenvalue weighted by Crippen LogP contribution is -2.08. The number of nitro groups is 1. The van der Waals surface area contributed by atoms with E-state index in [1.165, 1.54) is 11.0 Å². The fraction of sp³-hybridized carbons (Fsp3) is 0.364. The first-order valence-electron chi connectivity index (χ1n) is 5.93. The topological polar surface area (TPSA) is 98.8 Å². The van der Waals surface area contributed by atoms with E-state index in [1.807, 2.05) is 6.07 Å². The number of anilines is 1. The Balaban J connectivity index is 2.09.